The highest BCUT2D eigenvalue weighted by Gasteiger charge is 2.00. The third-order valence-corrected chi connectivity index (χ3v) is 2.43. The lowest BCUT2D eigenvalue weighted by Gasteiger charge is -1.99. The van der Waals surface area contributed by atoms with E-state index in [-0.39, 0.29) is 0 Å². The Bertz CT molecular complexity index is 390. The van der Waals surface area contributed by atoms with Gasteiger partial charge >= 0.3 is 0 Å². The number of benzene rings is 1. The van der Waals surface area contributed by atoms with Crippen LogP contribution in [-0.2, 0) is 12.8 Å². The van der Waals surface area contributed by atoms with E-state index in [1.807, 2.05) is 6.07 Å². The maximum absolute atomic E-state index is 4.28. The van der Waals surface area contributed by atoms with Gasteiger partial charge in [-0.05, 0) is 25.3 Å². The topological polar surface area (TPSA) is 28.7 Å². The number of aromatic nitrogens is 2. The molecule has 1 aromatic carbocycles. The Morgan fingerprint density at radius 2 is 1.93 bits per heavy atom. The van der Waals surface area contributed by atoms with Gasteiger partial charge in [0.25, 0.3) is 0 Å². The summed E-state index contributed by atoms with van der Waals surface area (Å²) in [5.41, 5.74) is 3.73. The van der Waals surface area contributed by atoms with E-state index in [0.717, 1.165) is 12.8 Å². The Hall–Kier alpha value is -1.57. The van der Waals surface area contributed by atoms with Gasteiger partial charge in [-0.15, -0.1) is 0 Å². The Kier molecular flexibility index (Phi) is 2.63. The van der Waals surface area contributed by atoms with Gasteiger partial charge in [-0.1, -0.05) is 30.3 Å². The number of nitrogens with zero attached hydrogens (tertiary/aromatic N) is 1. The molecular weight excluding hydrogens is 172 g/mol. The molecule has 1 aromatic heterocycles. The highest BCUT2D eigenvalue weighted by molar-refractivity contribution is 5.17. The summed E-state index contributed by atoms with van der Waals surface area (Å²) < 4.78 is 0. The van der Waals surface area contributed by atoms with Crippen LogP contribution in [0.25, 0.3) is 0 Å². The van der Waals surface area contributed by atoms with Crippen molar-refractivity contribution in [3.63, 3.8) is 0 Å². The zero-order valence-electron chi connectivity index (χ0n) is 8.33. The fraction of sp³-hybridized carbons (Fsp3) is 0.250. The number of hydrogen-bond acceptors (Lipinski definition) is 1. The molecule has 1 N–H and O–H groups in total. The van der Waals surface area contributed by atoms with Crippen LogP contribution in [0.15, 0.2) is 36.7 Å². The van der Waals surface area contributed by atoms with Crippen LogP contribution >= 0.6 is 0 Å². The van der Waals surface area contributed by atoms with E-state index < -0.39 is 0 Å². The zero-order chi connectivity index (χ0) is 9.80. The van der Waals surface area contributed by atoms with Gasteiger partial charge in [0.1, 0.15) is 0 Å². The smallest absolute Gasteiger partial charge is 0.0925 e. The van der Waals surface area contributed by atoms with Crippen molar-refractivity contribution in [1.82, 2.24) is 9.97 Å². The van der Waals surface area contributed by atoms with Crippen LogP contribution in [0, 0.1) is 6.92 Å². The quantitative estimate of drug-likeness (QED) is 0.783. The van der Waals surface area contributed by atoms with Gasteiger partial charge in [0.15, 0.2) is 0 Å². The van der Waals surface area contributed by atoms with Crippen LogP contribution in [-0.4, -0.2) is 9.97 Å². The summed E-state index contributed by atoms with van der Waals surface area (Å²) in [7, 11) is 0. The summed E-state index contributed by atoms with van der Waals surface area (Å²) in [5, 5.41) is 0. The van der Waals surface area contributed by atoms with Crippen LogP contribution in [0.2, 0.25) is 0 Å². The first-order chi connectivity index (χ1) is 6.86. The molecule has 2 rings (SSSR count). The third-order valence-electron chi connectivity index (χ3n) is 2.43. The summed E-state index contributed by atoms with van der Waals surface area (Å²) in [4.78, 5) is 7.37. The maximum atomic E-state index is 4.28. The average Bonchev–Trinajstić information content (AvgIpc) is 2.63. The van der Waals surface area contributed by atoms with Crippen LogP contribution in [0.3, 0.4) is 0 Å². The molecule has 0 saturated carbocycles. The lowest BCUT2D eigenvalue weighted by atomic mass is 10.1. The molecule has 1 heterocycles. The van der Waals surface area contributed by atoms with Gasteiger partial charge in [-0.25, -0.2) is 4.98 Å². The van der Waals surface area contributed by atoms with Crippen molar-refractivity contribution in [2.45, 2.75) is 19.8 Å². The van der Waals surface area contributed by atoms with Gasteiger partial charge in [-0.2, -0.15) is 0 Å². The largest absolute Gasteiger partial charge is 0.348 e. The second-order valence-corrected chi connectivity index (χ2v) is 3.46. The van der Waals surface area contributed by atoms with Crippen molar-refractivity contribution < 1.29 is 0 Å². The van der Waals surface area contributed by atoms with E-state index in [1.165, 1.54) is 17.0 Å². The molecule has 2 heteroatoms. The first-order valence-corrected chi connectivity index (χ1v) is 4.89. The van der Waals surface area contributed by atoms with E-state index in [0.29, 0.717) is 0 Å². The fourth-order valence-corrected chi connectivity index (χ4v) is 1.55. The van der Waals surface area contributed by atoms with Crippen molar-refractivity contribution in [3.8, 4) is 0 Å². The molecule has 0 aliphatic heterocycles. The Morgan fingerprint density at radius 3 is 2.57 bits per heavy atom. The van der Waals surface area contributed by atoms with Gasteiger partial charge in [0.05, 0.1) is 12.0 Å². The molecule has 2 aromatic rings. The molecule has 72 valence electrons. The highest BCUT2D eigenvalue weighted by atomic mass is 14.9. The molecule has 0 aliphatic rings. The van der Waals surface area contributed by atoms with E-state index in [9.17, 15) is 0 Å². The fourth-order valence-electron chi connectivity index (χ4n) is 1.55. The van der Waals surface area contributed by atoms with E-state index >= 15 is 0 Å². The Labute approximate surface area is 84.0 Å². The number of rotatable bonds is 3. The predicted molar refractivity (Wildman–Crippen MR) is 57.2 cm³/mol. The van der Waals surface area contributed by atoms with Crippen molar-refractivity contribution in [2.24, 2.45) is 0 Å². The van der Waals surface area contributed by atoms with Crippen LogP contribution in [0.4, 0.5) is 0 Å². The maximum Gasteiger partial charge on any atom is 0.0925 e. The monoisotopic (exact) mass is 186 g/mol. The standard InChI is InChI=1S/C12H14N2/c1-10-12(14-9-13-10)8-7-11-5-3-2-4-6-11/h2-6,9H,7-8H2,1H3,(H,13,14). The molecular formula is C12H14N2. The van der Waals surface area contributed by atoms with Crippen molar-refractivity contribution in [1.29, 1.82) is 0 Å². The van der Waals surface area contributed by atoms with Gasteiger partial charge < -0.3 is 4.98 Å². The highest BCUT2D eigenvalue weighted by Crippen LogP contribution is 2.07. The van der Waals surface area contributed by atoms with Crippen LogP contribution in [0.1, 0.15) is 17.0 Å². The average molecular weight is 186 g/mol. The molecule has 0 saturated heterocycles. The first-order valence-electron chi connectivity index (χ1n) is 4.89. The lowest BCUT2D eigenvalue weighted by molar-refractivity contribution is 0.914. The predicted octanol–water partition coefficient (Wildman–Crippen LogP) is 2.50. The summed E-state index contributed by atoms with van der Waals surface area (Å²) in [6.45, 7) is 2.06. The summed E-state index contributed by atoms with van der Waals surface area (Å²) in [6.07, 6.45) is 3.83. The van der Waals surface area contributed by atoms with Gasteiger partial charge in [0, 0.05) is 5.69 Å². The van der Waals surface area contributed by atoms with Crippen LogP contribution < -0.4 is 0 Å². The molecule has 0 spiro atoms. The number of hydrogen-bond donors (Lipinski definition) is 1. The minimum absolute atomic E-state index is 1.01. The second kappa shape index (κ2) is 4.09. The van der Waals surface area contributed by atoms with E-state index in [4.69, 9.17) is 0 Å². The summed E-state index contributed by atoms with van der Waals surface area (Å²) in [5.74, 6) is 0. The Balaban J connectivity index is 1.99. The zero-order valence-corrected chi connectivity index (χ0v) is 8.33. The van der Waals surface area contributed by atoms with Crippen LogP contribution in [0.5, 0.6) is 0 Å². The second-order valence-electron chi connectivity index (χ2n) is 3.46. The molecule has 0 atom stereocenters. The minimum atomic E-state index is 1.01. The lowest BCUT2D eigenvalue weighted by Crippen LogP contribution is -1.93. The minimum Gasteiger partial charge on any atom is -0.348 e. The van der Waals surface area contributed by atoms with Crippen molar-refractivity contribution in [2.75, 3.05) is 0 Å². The SMILES string of the molecule is Cc1[nH]cnc1CCc1ccccc1. The molecule has 0 radical (unpaired) electrons. The number of imidazole rings is 1. The van der Waals surface area contributed by atoms with E-state index in [1.54, 1.807) is 6.33 Å². The third kappa shape index (κ3) is 2.02. The summed E-state index contributed by atoms with van der Waals surface area (Å²) in [6, 6.07) is 10.5. The number of H-pyrrole nitrogens is 1. The molecule has 2 nitrogen and oxygen atoms in total. The molecule has 0 unspecified atom stereocenters. The molecule has 14 heavy (non-hydrogen) atoms. The van der Waals surface area contributed by atoms with Gasteiger partial charge in [-0.3, -0.25) is 0 Å². The Morgan fingerprint density at radius 1 is 1.14 bits per heavy atom. The first kappa shape index (κ1) is 9.00. The van der Waals surface area contributed by atoms with Crippen molar-refractivity contribution >= 4 is 0 Å². The number of aromatic amines is 1. The number of aryl methyl sites for hydroxylation is 3. The van der Waals surface area contributed by atoms with E-state index in [2.05, 4.69) is 41.2 Å². The molecule has 0 bridgehead atoms. The van der Waals surface area contributed by atoms with Crippen molar-refractivity contribution in [3.05, 3.63) is 53.6 Å². The molecule has 0 fully saturated rings. The molecule has 0 amide bonds. The normalized spacial score (nSPS) is 10.4. The molecule has 0 aliphatic carbocycles. The number of nitrogens with one attached hydrogen (secondary N) is 1. The van der Waals surface area contributed by atoms with Gasteiger partial charge in [0.2, 0.25) is 0 Å². The summed E-state index contributed by atoms with van der Waals surface area (Å²) >= 11 is 0.